The maximum absolute atomic E-state index is 13.9. The van der Waals surface area contributed by atoms with E-state index in [1.165, 1.54) is 12.3 Å². The van der Waals surface area contributed by atoms with E-state index in [0.717, 1.165) is 0 Å². The Morgan fingerprint density at radius 3 is 2.65 bits per heavy atom. The molecule has 0 atom stereocenters. The Morgan fingerprint density at radius 1 is 1.05 bits per heavy atom. The lowest BCUT2D eigenvalue weighted by molar-refractivity contribution is 0.102. The van der Waals surface area contributed by atoms with Gasteiger partial charge in [-0.3, -0.25) is 14.8 Å². The third-order valence-corrected chi connectivity index (χ3v) is 2.89. The molecule has 0 unspecified atom stereocenters. The monoisotopic (exact) mass is 267 g/mol. The standard InChI is InChI=1S/C15H10FN3O/c16-12-3-1-2-10-4-9-18-14(13(10)12)15(20)19-11-5-7-17-8-6-11/h1-9H,(H,17,19,20). The van der Waals surface area contributed by atoms with Crippen LogP contribution >= 0.6 is 0 Å². The molecule has 0 aliphatic heterocycles. The number of rotatable bonds is 2. The molecule has 1 aromatic carbocycles. The van der Waals surface area contributed by atoms with Crippen molar-refractivity contribution in [2.75, 3.05) is 5.32 Å². The zero-order chi connectivity index (χ0) is 13.9. The molecule has 1 N–H and O–H groups in total. The third kappa shape index (κ3) is 2.21. The second-order valence-electron chi connectivity index (χ2n) is 4.19. The zero-order valence-electron chi connectivity index (χ0n) is 10.4. The van der Waals surface area contributed by atoms with Crippen LogP contribution in [0.15, 0.2) is 55.0 Å². The summed E-state index contributed by atoms with van der Waals surface area (Å²) in [6, 6.07) is 9.62. The van der Waals surface area contributed by atoms with E-state index in [1.807, 2.05) is 0 Å². The van der Waals surface area contributed by atoms with Crippen LogP contribution in [0.1, 0.15) is 10.5 Å². The summed E-state index contributed by atoms with van der Waals surface area (Å²) in [6.07, 6.45) is 4.61. The van der Waals surface area contributed by atoms with Gasteiger partial charge >= 0.3 is 0 Å². The Morgan fingerprint density at radius 2 is 1.85 bits per heavy atom. The van der Waals surface area contributed by atoms with Crippen LogP contribution in [0.25, 0.3) is 10.8 Å². The maximum atomic E-state index is 13.9. The van der Waals surface area contributed by atoms with Crippen molar-refractivity contribution < 1.29 is 9.18 Å². The van der Waals surface area contributed by atoms with E-state index < -0.39 is 11.7 Å². The molecule has 2 aromatic heterocycles. The quantitative estimate of drug-likeness (QED) is 0.776. The van der Waals surface area contributed by atoms with Crippen molar-refractivity contribution in [3.8, 4) is 0 Å². The predicted molar refractivity (Wildman–Crippen MR) is 73.9 cm³/mol. The Labute approximate surface area is 114 Å². The van der Waals surface area contributed by atoms with Crippen molar-refractivity contribution in [2.45, 2.75) is 0 Å². The highest BCUT2D eigenvalue weighted by Gasteiger charge is 2.14. The molecule has 0 aliphatic rings. The summed E-state index contributed by atoms with van der Waals surface area (Å²) in [5, 5.41) is 3.53. The van der Waals surface area contributed by atoms with Gasteiger partial charge in [-0.15, -0.1) is 0 Å². The van der Waals surface area contributed by atoms with Crippen LogP contribution in [0.5, 0.6) is 0 Å². The molecule has 0 radical (unpaired) electrons. The van der Waals surface area contributed by atoms with Crippen LogP contribution in [-0.2, 0) is 0 Å². The summed E-state index contributed by atoms with van der Waals surface area (Å²) in [5.74, 6) is -0.914. The van der Waals surface area contributed by atoms with Gasteiger partial charge in [-0.25, -0.2) is 4.39 Å². The first-order valence-corrected chi connectivity index (χ1v) is 6.00. The third-order valence-electron chi connectivity index (χ3n) is 2.89. The molecule has 0 fully saturated rings. The minimum atomic E-state index is -0.463. The topological polar surface area (TPSA) is 54.9 Å². The van der Waals surface area contributed by atoms with Gasteiger partial charge in [-0.05, 0) is 29.7 Å². The first-order valence-electron chi connectivity index (χ1n) is 6.00. The second-order valence-corrected chi connectivity index (χ2v) is 4.19. The van der Waals surface area contributed by atoms with Crippen LogP contribution in [0.2, 0.25) is 0 Å². The number of nitrogens with one attached hydrogen (secondary N) is 1. The number of anilines is 1. The van der Waals surface area contributed by atoms with Gasteiger partial charge in [0.15, 0.2) is 0 Å². The Kier molecular flexibility index (Phi) is 3.09. The molecule has 0 saturated heterocycles. The van der Waals surface area contributed by atoms with Gasteiger partial charge in [-0.1, -0.05) is 12.1 Å². The van der Waals surface area contributed by atoms with Gasteiger partial charge in [0.2, 0.25) is 0 Å². The molecular formula is C15H10FN3O. The van der Waals surface area contributed by atoms with E-state index in [4.69, 9.17) is 0 Å². The molecule has 0 bridgehead atoms. The van der Waals surface area contributed by atoms with Crippen LogP contribution < -0.4 is 5.32 Å². The number of nitrogens with zero attached hydrogens (tertiary/aromatic N) is 2. The minimum absolute atomic E-state index is 0.0670. The van der Waals surface area contributed by atoms with E-state index in [9.17, 15) is 9.18 Å². The molecule has 0 saturated carbocycles. The number of carbonyl (C=O) groups excluding carboxylic acids is 1. The summed E-state index contributed by atoms with van der Waals surface area (Å²) >= 11 is 0. The van der Waals surface area contributed by atoms with Crippen LogP contribution in [0.3, 0.4) is 0 Å². The van der Waals surface area contributed by atoms with E-state index in [0.29, 0.717) is 11.1 Å². The van der Waals surface area contributed by atoms with Crippen molar-refractivity contribution in [1.82, 2.24) is 9.97 Å². The second kappa shape index (κ2) is 5.05. The molecule has 0 aliphatic carbocycles. The molecule has 3 rings (SSSR count). The number of hydrogen-bond acceptors (Lipinski definition) is 3. The largest absolute Gasteiger partial charge is 0.321 e. The highest BCUT2D eigenvalue weighted by molar-refractivity contribution is 6.11. The van der Waals surface area contributed by atoms with E-state index in [-0.39, 0.29) is 11.1 Å². The number of amides is 1. The molecular weight excluding hydrogens is 257 g/mol. The Hall–Kier alpha value is -2.82. The lowest BCUT2D eigenvalue weighted by Crippen LogP contribution is -2.14. The highest BCUT2D eigenvalue weighted by atomic mass is 19.1. The van der Waals surface area contributed by atoms with Gasteiger partial charge in [0.1, 0.15) is 11.5 Å². The fraction of sp³-hybridized carbons (Fsp3) is 0. The number of hydrogen-bond donors (Lipinski definition) is 1. The van der Waals surface area contributed by atoms with Gasteiger partial charge in [-0.2, -0.15) is 0 Å². The first-order chi connectivity index (χ1) is 9.75. The SMILES string of the molecule is O=C(Nc1ccncc1)c1nccc2cccc(F)c12. The van der Waals surface area contributed by atoms with Gasteiger partial charge < -0.3 is 5.32 Å². The number of carbonyl (C=O) groups is 1. The Bertz CT molecular complexity index is 769. The smallest absolute Gasteiger partial charge is 0.275 e. The van der Waals surface area contributed by atoms with Crippen molar-refractivity contribution in [1.29, 1.82) is 0 Å². The van der Waals surface area contributed by atoms with Crippen LogP contribution in [0, 0.1) is 5.82 Å². The molecule has 1 amide bonds. The molecule has 0 spiro atoms. The number of pyridine rings is 2. The lowest BCUT2D eigenvalue weighted by Gasteiger charge is -2.07. The molecule has 3 aromatic rings. The van der Waals surface area contributed by atoms with Crippen molar-refractivity contribution in [3.05, 3.63) is 66.5 Å². The number of halogens is 1. The maximum Gasteiger partial charge on any atom is 0.275 e. The fourth-order valence-electron chi connectivity index (χ4n) is 1.98. The van der Waals surface area contributed by atoms with E-state index >= 15 is 0 Å². The molecule has 4 nitrogen and oxygen atoms in total. The van der Waals surface area contributed by atoms with Gasteiger partial charge in [0.25, 0.3) is 5.91 Å². The number of fused-ring (bicyclic) bond motifs is 1. The first kappa shape index (κ1) is 12.2. The normalized spacial score (nSPS) is 10.4. The summed E-state index contributed by atoms with van der Waals surface area (Å²) in [6.45, 7) is 0. The summed E-state index contributed by atoms with van der Waals surface area (Å²) in [4.78, 5) is 20.1. The number of aromatic nitrogens is 2. The zero-order valence-corrected chi connectivity index (χ0v) is 10.4. The fourth-order valence-corrected chi connectivity index (χ4v) is 1.98. The number of benzene rings is 1. The van der Waals surface area contributed by atoms with Crippen molar-refractivity contribution >= 4 is 22.4 Å². The average molecular weight is 267 g/mol. The predicted octanol–water partition coefficient (Wildman–Crippen LogP) is 3.02. The highest BCUT2D eigenvalue weighted by Crippen LogP contribution is 2.21. The molecule has 98 valence electrons. The lowest BCUT2D eigenvalue weighted by atomic mass is 10.1. The summed E-state index contributed by atoms with van der Waals surface area (Å²) in [7, 11) is 0. The van der Waals surface area contributed by atoms with Crippen molar-refractivity contribution in [2.24, 2.45) is 0 Å². The summed E-state index contributed by atoms with van der Waals surface area (Å²) in [5.41, 5.74) is 0.651. The average Bonchev–Trinajstić information content (AvgIpc) is 2.48. The van der Waals surface area contributed by atoms with Gasteiger partial charge in [0.05, 0.1) is 0 Å². The summed E-state index contributed by atoms with van der Waals surface area (Å²) < 4.78 is 13.9. The van der Waals surface area contributed by atoms with Gasteiger partial charge in [0, 0.05) is 29.7 Å². The van der Waals surface area contributed by atoms with Crippen molar-refractivity contribution in [3.63, 3.8) is 0 Å². The van der Waals surface area contributed by atoms with E-state index in [2.05, 4.69) is 15.3 Å². The Balaban J connectivity index is 2.04. The van der Waals surface area contributed by atoms with E-state index in [1.54, 1.807) is 42.7 Å². The molecule has 5 heteroatoms. The minimum Gasteiger partial charge on any atom is -0.321 e. The molecule has 20 heavy (non-hydrogen) atoms. The van der Waals surface area contributed by atoms with Crippen LogP contribution in [0.4, 0.5) is 10.1 Å². The van der Waals surface area contributed by atoms with Crippen LogP contribution in [-0.4, -0.2) is 15.9 Å². The molecule has 2 heterocycles.